The molecule has 9 nitrogen and oxygen atoms in total. The van der Waals surface area contributed by atoms with Crippen molar-refractivity contribution in [3.05, 3.63) is 36.2 Å². The van der Waals surface area contributed by atoms with Crippen LogP contribution in [0.4, 0.5) is 10.2 Å². The SMILES string of the molecule is COc1cc(-c2[nH]c3cnc(N4CCC(N(C)C5COC5)CC4)c(F)c3c2C(C)C)cn2ncnc12. The number of aromatic nitrogens is 5. The molecule has 1 N–H and O–H groups in total. The molecule has 190 valence electrons. The fraction of sp³-hybridized carbons (Fsp3) is 0.500. The quantitative estimate of drug-likeness (QED) is 0.437. The highest BCUT2D eigenvalue weighted by atomic mass is 19.1. The summed E-state index contributed by atoms with van der Waals surface area (Å²) in [5, 5.41) is 4.89. The van der Waals surface area contributed by atoms with E-state index in [-0.39, 0.29) is 11.7 Å². The lowest BCUT2D eigenvalue weighted by Gasteiger charge is -2.43. The second-order valence-corrected chi connectivity index (χ2v) is 10.2. The Hall–Kier alpha value is -3.24. The standard InChI is InChI=1S/C26H32FN7O2/c1-15(2)21-22-19(31-24(21)16-9-20(35-4)25-29-14-30-34(25)11-16)10-28-26(23(22)27)33-7-5-17(6-8-33)32(3)18-12-36-13-18/h9-11,14-15,17-18,31H,5-8,12-13H2,1-4H3. The van der Waals surface area contributed by atoms with Gasteiger partial charge in [0.05, 0.1) is 43.8 Å². The number of rotatable bonds is 6. The number of likely N-dealkylation sites (N-methyl/N-ethyl adjacent to an activating group) is 1. The first-order valence-electron chi connectivity index (χ1n) is 12.6. The summed E-state index contributed by atoms with van der Waals surface area (Å²) >= 11 is 0. The summed E-state index contributed by atoms with van der Waals surface area (Å²) in [6.07, 6.45) is 7.12. The number of H-pyrrole nitrogens is 1. The summed E-state index contributed by atoms with van der Waals surface area (Å²) in [5.41, 5.74) is 3.95. The predicted octanol–water partition coefficient (Wildman–Crippen LogP) is 3.84. The maximum Gasteiger partial charge on any atom is 0.197 e. The van der Waals surface area contributed by atoms with E-state index < -0.39 is 0 Å². The molecule has 0 unspecified atom stereocenters. The summed E-state index contributed by atoms with van der Waals surface area (Å²) in [6, 6.07) is 2.92. The molecule has 2 saturated heterocycles. The van der Waals surface area contributed by atoms with Crippen molar-refractivity contribution >= 4 is 22.4 Å². The van der Waals surface area contributed by atoms with Gasteiger partial charge in [-0.05, 0) is 37.4 Å². The number of nitrogens with one attached hydrogen (secondary N) is 1. The molecule has 2 fully saturated rings. The number of hydrogen-bond acceptors (Lipinski definition) is 7. The molecule has 0 bridgehead atoms. The van der Waals surface area contributed by atoms with Gasteiger partial charge in [0.2, 0.25) is 0 Å². The number of anilines is 1. The van der Waals surface area contributed by atoms with Crippen molar-refractivity contribution in [1.82, 2.24) is 29.5 Å². The van der Waals surface area contributed by atoms with Crippen LogP contribution in [0.2, 0.25) is 0 Å². The van der Waals surface area contributed by atoms with Crippen molar-refractivity contribution in [2.45, 2.75) is 44.7 Å². The first kappa shape index (κ1) is 23.2. The van der Waals surface area contributed by atoms with Gasteiger partial charge in [0.1, 0.15) is 6.33 Å². The van der Waals surface area contributed by atoms with Crippen LogP contribution in [0.1, 0.15) is 38.2 Å². The Bertz CT molecular complexity index is 1400. The van der Waals surface area contributed by atoms with Gasteiger partial charge < -0.3 is 19.4 Å². The number of nitrogens with zero attached hydrogens (tertiary/aromatic N) is 6. The summed E-state index contributed by atoms with van der Waals surface area (Å²) in [4.78, 5) is 16.8. The van der Waals surface area contributed by atoms with E-state index >= 15 is 4.39 Å². The molecule has 0 spiro atoms. The van der Waals surface area contributed by atoms with Crippen LogP contribution in [-0.2, 0) is 4.74 Å². The third-order valence-electron chi connectivity index (χ3n) is 7.76. The maximum atomic E-state index is 16.2. The summed E-state index contributed by atoms with van der Waals surface area (Å²) in [7, 11) is 3.79. The fourth-order valence-electron chi connectivity index (χ4n) is 5.61. The Balaban J connectivity index is 1.36. The van der Waals surface area contributed by atoms with Crippen molar-refractivity contribution in [2.24, 2.45) is 0 Å². The number of piperidine rings is 1. The highest BCUT2D eigenvalue weighted by Gasteiger charge is 2.32. The van der Waals surface area contributed by atoms with Crippen molar-refractivity contribution in [2.75, 3.05) is 45.4 Å². The molecule has 2 aliphatic rings. The Morgan fingerprint density at radius 1 is 1.19 bits per heavy atom. The number of aromatic amines is 1. The smallest absolute Gasteiger partial charge is 0.197 e. The second-order valence-electron chi connectivity index (χ2n) is 10.2. The van der Waals surface area contributed by atoms with E-state index in [2.05, 4.69) is 50.7 Å². The lowest BCUT2D eigenvalue weighted by Crippen LogP contribution is -2.54. The van der Waals surface area contributed by atoms with E-state index in [0.29, 0.717) is 40.2 Å². The average Bonchev–Trinajstić information content (AvgIpc) is 3.48. The lowest BCUT2D eigenvalue weighted by molar-refractivity contribution is -0.0718. The van der Waals surface area contributed by atoms with Gasteiger partial charge in [-0.3, -0.25) is 4.90 Å². The molecule has 0 amide bonds. The minimum absolute atomic E-state index is 0.0834. The zero-order chi connectivity index (χ0) is 25.0. The molecule has 0 aromatic carbocycles. The Kier molecular flexibility index (Phi) is 5.80. The highest BCUT2D eigenvalue weighted by molar-refractivity contribution is 5.93. The number of pyridine rings is 2. The molecule has 6 rings (SSSR count). The van der Waals surface area contributed by atoms with Crippen LogP contribution in [0, 0.1) is 5.82 Å². The molecule has 36 heavy (non-hydrogen) atoms. The van der Waals surface area contributed by atoms with E-state index in [0.717, 1.165) is 56.0 Å². The Morgan fingerprint density at radius 2 is 1.97 bits per heavy atom. The largest absolute Gasteiger partial charge is 0.493 e. The molecule has 6 heterocycles. The molecule has 0 radical (unpaired) electrons. The summed E-state index contributed by atoms with van der Waals surface area (Å²) in [5.74, 6) is 0.873. The van der Waals surface area contributed by atoms with Crippen LogP contribution in [0.3, 0.4) is 0 Å². The monoisotopic (exact) mass is 493 g/mol. The number of methoxy groups -OCH3 is 1. The Morgan fingerprint density at radius 3 is 2.64 bits per heavy atom. The van der Waals surface area contributed by atoms with Gasteiger partial charge in [-0.15, -0.1) is 0 Å². The van der Waals surface area contributed by atoms with E-state index in [1.807, 2.05) is 12.3 Å². The van der Waals surface area contributed by atoms with Crippen LogP contribution in [0.5, 0.6) is 5.75 Å². The number of halogens is 1. The molecule has 10 heteroatoms. The molecule has 0 atom stereocenters. The molecule has 0 aliphatic carbocycles. The van der Waals surface area contributed by atoms with Crippen LogP contribution in [0.25, 0.3) is 27.8 Å². The normalized spacial score (nSPS) is 17.6. The van der Waals surface area contributed by atoms with E-state index in [9.17, 15) is 0 Å². The van der Waals surface area contributed by atoms with Gasteiger partial charge >= 0.3 is 0 Å². The van der Waals surface area contributed by atoms with E-state index in [1.165, 1.54) is 6.33 Å². The van der Waals surface area contributed by atoms with Crippen LogP contribution in [0.15, 0.2) is 24.8 Å². The van der Waals surface area contributed by atoms with Gasteiger partial charge in [0.25, 0.3) is 0 Å². The van der Waals surface area contributed by atoms with E-state index in [1.54, 1.807) is 17.8 Å². The first-order chi connectivity index (χ1) is 17.5. The minimum atomic E-state index is -0.258. The van der Waals surface area contributed by atoms with Crippen LogP contribution in [-0.4, -0.2) is 82.0 Å². The van der Waals surface area contributed by atoms with Gasteiger partial charge in [0, 0.05) is 36.3 Å². The van der Waals surface area contributed by atoms with Gasteiger partial charge in [-0.1, -0.05) is 13.8 Å². The van der Waals surface area contributed by atoms with Crippen molar-refractivity contribution in [3.8, 4) is 17.0 Å². The van der Waals surface area contributed by atoms with Gasteiger partial charge in [-0.25, -0.2) is 18.9 Å². The zero-order valence-electron chi connectivity index (χ0n) is 21.2. The average molecular weight is 494 g/mol. The van der Waals surface area contributed by atoms with E-state index in [4.69, 9.17) is 9.47 Å². The minimum Gasteiger partial charge on any atom is -0.493 e. The molecular formula is C26H32FN7O2. The van der Waals surface area contributed by atoms with Gasteiger partial charge in [-0.2, -0.15) is 5.10 Å². The molecule has 4 aromatic rings. The highest BCUT2D eigenvalue weighted by Crippen LogP contribution is 2.40. The predicted molar refractivity (Wildman–Crippen MR) is 136 cm³/mol. The number of ether oxygens (including phenoxy) is 2. The van der Waals surface area contributed by atoms with Crippen molar-refractivity contribution in [3.63, 3.8) is 0 Å². The second kappa shape index (κ2) is 9.01. The lowest BCUT2D eigenvalue weighted by atomic mass is 9.96. The summed E-state index contributed by atoms with van der Waals surface area (Å²) < 4.78 is 28.8. The zero-order valence-corrected chi connectivity index (χ0v) is 21.2. The number of fused-ring (bicyclic) bond motifs is 2. The van der Waals surface area contributed by atoms with Gasteiger partial charge in [0.15, 0.2) is 23.0 Å². The third-order valence-corrected chi connectivity index (χ3v) is 7.76. The molecule has 2 aliphatic heterocycles. The topological polar surface area (TPSA) is 83.8 Å². The van der Waals surface area contributed by atoms with Crippen LogP contribution >= 0.6 is 0 Å². The van der Waals surface area contributed by atoms with Crippen molar-refractivity contribution in [1.29, 1.82) is 0 Å². The third kappa shape index (κ3) is 3.70. The fourth-order valence-corrected chi connectivity index (χ4v) is 5.61. The first-order valence-corrected chi connectivity index (χ1v) is 12.6. The number of hydrogen-bond donors (Lipinski definition) is 1. The molecule has 0 saturated carbocycles. The molecule has 4 aromatic heterocycles. The Labute approximate surface area is 209 Å². The maximum absolute atomic E-state index is 16.2. The van der Waals surface area contributed by atoms with Crippen LogP contribution < -0.4 is 9.64 Å². The molecular weight excluding hydrogens is 461 g/mol. The van der Waals surface area contributed by atoms with Crippen molar-refractivity contribution < 1.29 is 13.9 Å². The summed E-state index contributed by atoms with van der Waals surface area (Å²) in [6.45, 7) is 7.36.